The number of carboxylic acid groups (broad SMARTS) is 1. The molecule has 0 spiro atoms. The van der Waals surface area contributed by atoms with E-state index in [1.807, 2.05) is 30.4 Å². The molecule has 1 unspecified atom stereocenters. The van der Waals surface area contributed by atoms with Crippen molar-refractivity contribution < 1.29 is 14.3 Å². The summed E-state index contributed by atoms with van der Waals surface area (Å²) >= 11 is 0. The van der Waals surface area contributed by atoms with E-state index >= 15 is 0 Å². The van der Waals surface area contributed by atoms with Crippen LogP contribution in [-0.4, -0.2) is 17.2 Å². The highest BCUT2D eigenvalue weighted by Gasteiger charge is 2.00. The van der Waals surface area contributed by atoms with Crippen LogP contribution in [0.15, 0.2) is 48.6 Å². The summed E-state index contributed by atoms with van der Waals surface area (Å²) < 4.78 is 13.5. The maximum Gasteiger partial charge on any atom is 0.327 e. The van der Waals surface area contributed by atoms with Crippen LogP contribution in [0, 0.1) is 0 Å². The highest BCUT2D eigenvalue weighted by atomic mass is 19.1. The van der Waals surface area contributed by atoms with E-state index in [1.54, 1.807) is 12.2 Å². The van der Waals surface area contributed by atoms with Crippen molar-refractivity contribution in [2.45, 2.75) is 70.9 Å². The number of rotatable bonds is 14. The van der Waals surface area contributed by atoms with Gasteiger partial charge < -0.3 is 5.11 Å². The number of halogens is 1. The lowest BCUT2D eigenvalue weighted by Crippen LogP contribution is -1.94. The number of hydrogen-bond acceptors (Lipinski definition) is 1. The van der Waals surface area contributed by atoms with Gasteiger partial charge in [-0.3, -0.25) is 0 Å². The van der Waals surface area contributed by atoms with Crippen molar-refractivity contribution in [3.63, 3.8) is 0 Å². The van der Waals surface area contributed by atoms with E-state index in [0.29, 0.717) is 12.8 Å². The molecule has 0 aliphatic heterocycles. The molecule has 0 amide bonds. The smallest absolute Gasteiger partial charge is 0.327 e. The number of carbonyl (C=O) groups is 1. The van der Waals surface area contributed by atoms with Crippen molar-refractivity contribution in [1.82, 2.24) is 0 Å². The Hall–Kier alpha value is -1.64. The second-order valence-electron chi connectivity index (χ2n) is 5.54. The summed E-state index contributed by atoms with van der Waals surface area (Å²) in [5.41, 5.74) is 0. The highest BCUT2D eigenvalue weighted by molar-refractivity contribution is 5.79. The van der Waals surface area contributed by atoms with Gasteiger partial charge in [0.15, 0.2) is 0 Å². The van der Waals surface area contributed by atoms with Crippen molar-refractivity contribution in [3.05, 3.63) is 48.6 Å². The Morgan fingerprint density at radius 2 is 1.48 bits per heavy atom. The minimum Gasteiger partial charge on any atom is -0.478 e. The Balaban J connectivity index is 3.56. The van der Waals surface area contributed by atoms with Gasteiger partial charge in [0.25, 0.3) is 0 Å². The molecule has 3 heteroatoms. The average molecular weight is 322 g/mol. The second kappa shape index (κ2) is 16.7. The van der Waals surface area contributed by atoms with E-state index in [9.17, 15) is 9.18 Å². The molecule has 0 heterocycles. The third kappa shape index (κ3) is 18.3. The molecule has 0 aromatic heterocycles. The zero-order valence-electron chi connectivity index (χ0n) is 14.3. The molecule has 2 nitrogen and oxygen atoms in total. The first-order chi connectivity index (χ1) is 11.2. The SMILES string of the molecule is CCCCCCCC(F)C=CCC=CCC=CCC=CC(=O)O. The predicted molar refractivity (Wildman–Crippen MR) is 96.3 cm³/mol. The van der Waals surface area contributed by atoms with E-state index in [1.165, 1.54) is 19.3 Å². The van der Waals surface area contributed by atoms with Gasteiger partial charge in [-0.2, -0.15) is 0 Å². The van der Waals surface area contributed by atoms with Crippen LogP contribution >= 0.6 is 0 Å². The Morgan fingerprint density at radius 1 is 0.913 bits per heavy atom. The van der Waals surface area contributed by atoms with Crippen LogP contribution in [-0.2, 0) is 4.79 Å². The number of aliphatic carboxylic acids is 1. The summed E-state index contributed by atoms with van der Waals surface area (Å²) in [4.78, 5) is 10.2. The van der Waals surface area contributed by atoms with E-state index in [0.717, 1.165) is 31.8 Å². The minimum absolute atomic E-state index is 0.627. The summed E-state index contributed by atoms with van der Waals surface area (Å²) in [7, 11) is 0. The topological polar surface area (TPSA) is 37.3 Å². The molecule has 0 aliphatic rings. The Bertz CT molecular complexity index is 394. The maximum atomic E-state index is 13.5. The predicted octanol–water partition coefficient (Wildman–Crippen LogP) is 6.16. The molecule has 0 saturated heterocycles. The van der Waals surface area contributed by atoms with Crippen molar-refractivity contribution in [1.29, 1.82) is 0 Å². The number of carboxylic acids is 1. The van der Waals surface area contributed by atoms with Crippen molar-refractivity contribution in [3.8, 4) is 0 Å². The monoisotopic (exact) mass is 322 g/mol. The van der Waals surface area contributed by atoms with Gasteiger partial charge in [-0.25, -0.2) is 9.18 Å². The zero-order chi connectivity index (χ0) is 17.2. The zero-order valence-corrected chi connectivity index (χ0v) is 14.3. The molecule has 0 fully saturated rings. The standard InChI is InChI=1S/C20H31FO2/c1-2-3-4-10-13-16-19(21)17-14-11-8-6-5-7-9-12-15-18-20(22)23/h6-9,14-15,17-19H,2-5,10-13,16H2,1H3,(H,22,23). The van der Waals surface area contributed by atoms with Crippen LogP contribution < -0.4 is 0 Å². The van der Waals surface area contributed by atoms with Gasteiger partial charge in [-0.1, -0.05) is 81.6 Å². The fourth-order valence-electron chi connectivity index (χ4n) is 2.05. The Labute approximate surface area is 140 Å². The number of hydrogen-bond donors (Lipinski definition) is 1. The molecule has 0 bridgehead atoms. The number of unbranched alkanes of at least 4 members (excludes halogenated alkanes) is 4. The first kappa shape index (κ1) is 21.4. The molecule has 0 aliphatic carbocycles. The summed E-state index contributed by atoms with van der Waals surface area (Å²) in [6.07, 6.45) is 22.1. The molecule has 23 heavy (non-hydrogen) atoms. The van der Waals surface area contributed by atoms with Crippen LogP contribution in [0.2, 0.25) is 0 Å². The molecular formula is C20H31FO2. The number of allylic oxidation sites excluding steroid dienone is 7. The molecule has 0 radical (unpaired) electrons. The van der Waals surface area contributed by atoms with Gasteiger partial charge in [0.05, 0.1) is 0 Å². The lowest BCUT2D eigenvalue weighted by Gasteiger charge is -2.02. The first-order valence-electron chi connectivity index (χ1n) is 8.67. The summed E-state index contributed by atoms with van der Waals surface area (Å²) in [6, 6.07) is 0. The van der Waals surface area contributed by atoms with Crippen LogP contribution in [0.4, 0.5) is 4.39 Å². The van der Waals surface area contributed by atoms with E-state index in [2.05, 4.69) is 6.92 Å². The molecule has 130 valence electrons. The summed E-state index contributed by atoms with van der Waals surface area (Å²) in [6.45, 7) is 2.18. The lowest BCUT2D eigenvalue weighted by molar-refractivity contribution is -0.131. The summed E-state index contributed by atoms with van der Waals surface area (Å²) in [5.74, 6) is -0.919. The van der Waals surface area contributed by atoms with Crippen molar-refractivity contribution in [2.24, 2.45) is 0 Å². The average Bonchev–Trinajstić information content (AvgIpc) is 2.52. The largest absolute Gasteiger partial charge is 0.478 e. The molecule has 0 aromatic carbocycles. The van der Waals surface area contributed by atoms with Crippen LogP contribution in [0.25, 0.3) is 0 Å². The van der Waals surface area contributed by atoms with Crippen LogP contribution in [0.1, 0.15) is 64.7 Å². The third-order valence-electron chi connectivity index (χ3n) is 3.34. The normalized spacial score (nSPS) is 13.8. The lowest BCUT2D eigenvalue weighted by atomic mass is 10.1. The Morgan fingerprint density at radius 3 is 2.09 bits per heavy atom. The second-order valence-corrected chi connectivity index (χ2v) is 5.54. The van der Waals surface area contributed by atoms with Gasteiger partial charge in [0, 0.05) is 6.08 Å². The maximum absolute atomic E-state index is 13.5. The fraction of sp³-hybridized carbons (Fsp3) is 0.550. The minimum atomic E-state index is -0.919. The quantitative estimate of drug-likeness (QED) is 0.236. The molecule has 0 aromatic rings. The van der Waals surface area contributed by atoms with Crippen molar-refractivity contribution >= 4 is 5.97 Å². The first-order valence-corrected chi connectivity index (χ1v) is 8.67. The Kier molecular flexibility index (Phi) is 15.5. The van der Waals surface area contributed by atoms with Gasteiger partial charge in [0.1, 0.15) is 6.17 Å². The molecule has 0 saturated carbocycles. The van der Waals surface area contributed by atoms with Gasteiger partial charge in [-0.15, -0.1) is 0 Å². The van der Waals surface area contributed by atoms with Crippen molar-refractivity contribution in [2.75, 3.05) is 0 Å². The third-order valence-corrected chi connectivity index (χ3v) is 3.34. The summed E-state index contributed by atoms with van der Waals surface area (Å²) in [5, 5.41) is 8.40. The van der Waals surface area contributed by atoms with E-state index in [4.69, 9.17) is 5.11 Å². The molecule has 1 N–H and O–H groups in total. The number of alkyl halides is 1. The van der Waals surface area contributed by atoms with Crippen LogP contribution in [0.3, 0.4) is 0 Å². The van der Waals surface area contributed by atoms with Crippen LogP contribution in [0.5, 0.6) is 0 Å². The highest BCUT2D eigenvalue weighted by Crippen LogP contribution is 2.10. The van der Waals surface area contributed by atoms with Gasteiger partial charge in [-0.05, 0) is 25.7 Å². The molecule has 0 rings (SSSR count). The van der Waals surface area contributed by atoms with Gasteiger partial charge >= 0.3 is 5.97 Å². The molecule has 1 atom stereocenters. The van der Waals surface area contributed by atoms with Gasteiger partial charge in [0.2, 0.25) is 0 Å². The van der Waals surface area contributed by atoms with E-state index < -0.39 is 12.1 Å². The molecular weight excluding hydrogens is 291 g/mol. The fourth-order valence-corrected chi connectivity index (χ4v) is 2.05. The van der Waals surface area contributed by atoms with E-state index in [-0.39, 0.29) is 0 Å².